The van der Waals surface area contributed by atoms with E-state index in [-0.39, 0.29) is 24.6 Å². The van der Waals surface area contributed by atoms with Crippen LogP contribution < -0.4 is 5.46 Å². The van der Waals surface area contributed by atoms with Gasteiger partial charge in [-0.1, -0.05) is 24.3 Å². The van der Waals surface area contributed by atoms with Crippen LogP contribution in [0.25, 0.3) is 0 Å². The molecule has 0 bridgehead atoms. The highest BCUT2D eigenvalue weighted by molar-refractivity contribution is 6.61. The first-order chi connectivity index (χ1) is 8.37. The van der Waals surface area contributed by atoms with Gasteiger partial charge >= 0.3 is 7.12 Å². The Hall–Kier alpha value is -1.13. The number of hydrogen-bond donors (Lipinski definition) is 0. The van der Waals surface area contributed by atoms with Crippen molar-refractivity contribution in [2.45, 2.75) is 45.8 Å². The summed E-state index contributed by atoms with van der Waals surface area (Å²) < 4.78 is 11.7. The van der Waals surface area contributed by atoms with Gasteiger partial charge in [0.2, 0.25) is 0 Å². The first-order valence-corrected chi connectivity index (χ1v) is 6.31. The van der Waals surface area contributed by atoms with Gasteiger partial charge < -0.3 is 9.31 Å². The van der Waals surface area contributed by atoms with Crippen molar-refractivity contribution in [3.8, 4) is 0 Å². The molecule has 1 atom stereocenters. The summed E-state index contributed by atoms with van der Waals surface area (Å²) in [4.78, 5) is 11.2. The van der Waals surface area contributed by atoms with Crippen molar-refractivity contribution in [1.29, 1.82) is 0 Å². The molecule has 0 saturated carbocycles. The van der Waals surface area contributed by atoms with E-state index in [4.69, 9.17) is 9.31 Å². The van der Waals surface area contributed by atoms with Crippen LogP contribution in [0.15, 0.2) is 24.3 Å². The SMILES string of the molecule is CC(=O)c1ccc(B2O[C@H](C)CC(C)(C)O2)cc1. The maximum atomic E-state index is 11.2. The fourth-order valence-corrected chi connectivity index (χ4v) is 2.34. The predicted octanol–water partition coefficient (Wildman–Crippen LogP) is 2.19. The van der Waals surface area contributed by atoms with E-state index in [9.17, 15) is 4.79 Å². The quantitative estimate of drug-likeness (QED) is 0.592. The molecule has 96 valence electrons. The molecule has 1 saturated heterocycles. The van der Waals surface area contributed by atoms with Crippen molar-refractivity contribution in [2.24, 2.45) is 0 Å². The molecule has 0 aromatic heterocycles. The number of Topliss-reactive ketones (excluding diaryl/α,β-unsaturated/α-hetero) is 1. The highest BCUT2D eigenvalue weighted by Gasteiger charge is 2.37. The van der Waals surface area contributed by atoms with Crippen molar-refractivity contribution >= 4 is 18.4 Å². The van der Waals surface area contributed by atoms with Crippen LogP contribution in [0.4, 0.5) is 0 Å². The monoisotopic (exact) mass is 246 g/mol. The van der Waals surface area contributed by atoms with Gasteiger partial charge in [0.15, 0.2) is 5.78 Å². The molecule has 1 heterocycles. The molecule has 4 heteroatoms. The van der Waals surface area contributed by atoms with E-state index >= 15 is 0 Å². The van der Waals surface area contributed by atoms with E-state index in [2.05, 4.69) is 20.8 Å². The summed E-state index contributed by atoms with van der Waals surface area (Å²) in [5.41, 5.74) is 1.49. The minimum Gasteiger partial charge on any atom is -0.405 e. The van der Waals surface area contributed by atoms with E-state index in [0.29, 0.717) is 5.56 Å². The number of benzene rings is 1. The maximum absolute atomic E-state index is 11.2. The Morgan fingerprint density at radius 2 is 1.94 bits per heavy atom. The van der Waals surface area contributed by atoms with Crippen molar-refractivity contribution in [3.63, 3.8) is 0 Å². The van der Waals surface area contributed by atoms with Crippen molar-refractivity contribution in [2.75, 3.05) is 0 Å². The highest BCUT2D eigenvalue weighted by atomic mass is 16.6. The minimum atomic E-state index is -0.343. The number of carbonyl (C=O) groups excluding carboxylic acids is 1. The van der Waals surface area contributed by atoms with Gasteiger partial charge in [0.25, 0.3) is 0 Å². The number of rotatable bonds is 2. The fraction of sp³-hybridized carbons (Fsp3) is 0.500. The second-order valence-electron chi connectivity index (χ2n) is 5.54. The fourth-order valence-electron chi connectivity index (χ4n) is 2.34. The lowest BCUT2D eigenvalue weighted by Crippen LogP contribution is -2.51. The third kappa shape index (κ3) is 3.00. The van der Waals surface area contributed by atoms with E-state index in [0.717, 1.165) is 11.9 Å². The number of ketones is 1. The Balaban J connectivity index is 2.18. The molecule has 2 rings (SSSR count). The van der Waals surface area contributed by atoms with E-state index < -0.39 is 0 Å². The molecule has 0 unspecified atom stereocenters. The second-order valence-corrected chi connectivity index (χ2v) is 5.54. The summed E-state index contributed by atoms with van der Waals surface area (Å²) in [6.45, 7) is 7.76. The molecular formula is C14H19BO3. The third-order valence-corrected chi connectivity index (χ3v) is 3.15. The van der Waals surface area contributed by atoms with Crippen molar-refractivity contribution < 1.29 is 14.1 Å². The first kappa shape index (κ1) is 13.3. The minimum absolute atomic E-state index is 0.0701. The van der Waals surface area contributed by atoms with Crippen LogP contribution in [0.5, 0.6) is 0 Å². The lowest BCUT2D eigenvalue weighted by Gasteiger charge is -2.38. The molecule has 1 aliphatic rings. The van der Waals surface area contributed by atoms with E-state index in [1.165, 1.54) is 0 Å². The maximum Gasteiger partial charge on any atom is 0.494 e. The second kappa shape index (κ2) is 4.86. The average molecular weight is 246 g/mol. The molecule has 1 aromatic rings. The Labute approximate surface area is 109 Å². The van der Waals surface area contributed by atoms with Gasteiger partial charge in [-0.2, -0.15) is 0 Å². The normalized spacial score (nSPS) is 22.9. The van der Waals surface area contributed by atoms with Crippen LogP contribution in [0.1, 0.15) is 44.5 Å². The zero-order valence-corrected chi connectivity index (χ0v) is 11.4. The summed E-state index contributed by atoms with van der Waals surface area (Å²) in [5, 5.41) is 0. The summed E-state index contributed by atoms with van der Waals surface area (Å²) in [7, 11) is -0.343. The van der Waals surface area contributed by atoms with Crippen LogP contribution in [0.3, 0.4) is 0 Å². The highest BCUT2D eigenvalue weighted by Crippen LogP contribution is 2.25. The zero-order valence-electron chi connectivity index (χ0n) is 11.4. The summed E-state index contributed by atoms with van der Waals surface area (Å²) in [6, 6.07) is 7.43. The van der Waals surface area contributed by atoms with E-state index in [1.54, 1.807) is 6.92 Å². The molecule has 1 fully saturated rings. The lowest BCUT2D eigenvalue weighted by molar-refractivity contribution is -0.0229. The molecule has 3 nitrogen and oxygen atoms in total. The van der Waals surface area contributed by atoms with Crippen molar-refractivity contribution in [3.05, 3.63) is 29.8 Å². The van der Waals surface area contributed by atoms with Gasteiger partial charge in [-0.25, -0.2) is 0 Å². The van der Waals surface area contributed by atoms with Crippen LogP contribution in [0.2, 0.25) is 0 Å². The standard InChI is InChI=1S/C14H19BO3/c1-10-9-14(3,4)18-15(17-10)13-7-5-12(6-8-13)11(2)16/h5-8,10H,9H2,1-4H3/t10-/m1/s1. The van der Waals surface area contributed by atoms with Gasteiger partial charge in [-0.3, -0.25) is 4.79 Å². The molecule has 1 aliphatic heterocycles. The van der Waals surface area contributed by atoms with Gasteiger partial charge in [-0.15, -0.1) is 0 Å². The van der Waals surface area contributed by atoms with Crippen LogP contribution in [-0.2, 0) is 9.31 Å². The molecule has 1 aromatic carbocycles. The van der Waals surface area contributed by atoms with Gasteiger partial charge in [0.05, 0.1) is 5.60 Å². The van der Waals surface area contributed by atoms with Gasteiger partial charge in [0, 0.05) is 11.7 Å². The summed E-state index contributed by atoms with van der Waals surface area (Å²) >= 11 is 0. The van der Waals surface area contributed by atoms with Crippen molar-refractivity contribution in [1.82, 2.24) is 0 Å². The first-order valence-electron chi connectivity index (χ1n) is 6.31. The molecule has 0 radical (unpaired) electrons. The largest absolute Gasteiger partial charge is 0.494 e. The summed E-state index contributed by atoms with van der Waals surface area (Å²) in [6.07, 6.45) is 1.06. The zero-order chi connectivity index (χ0) is 13.3. The molecule has 0 aliphatic carbocycles. The molecule has 18 heavy (non-hydrogen) atoms. The molecule has 0 amide bonds. The Morgan fingerprint density at radius 1 is 1.33 bits per heavy atom. The Morgan fingerprint density at radius 3 is 2.44 bits per heavy atom. The predicted molar refractivity (Wildman–Crippen MR) is 72.2 cm³/mol. The summed E-state index contributed by atoms with van der Waals surface area (Å²) in [5.74, 6) is 0.0701. The average Bonchev–Trinajstić information content (AvgIpc) is 2.26. The van der Waals surface area contributed by atoms with Crippen LogP contribution in [-0.4, -0.2) is 24.6 Å². The van der Waals surface area contributed by atoms with E-state index in [1.807, 2.05) is 24.3 Å². The molecule has 0 N–H and O–H groups in total. The number of carbonyl (C=O) groups is 1. The number of hydrogen-bond acceptors (Lipinski definition) is 3. The topological polar surface area (TPSA) is 35.5 Å². The Bertz CT molecular complexity index is 439. The molecular weight excluding hydrogens is 227 g/mol. The Kier molecular flexibility index (Phi) is 3.60. The molecule has 0 spiro atoms. The van der Waals surface area contributed by atoms with Gasteiger partial charge in [0.1, 0.15) is 0 Å². The van der Waals surface area contributed by atoms with Crippen LogP contribution >= 0.6 is 0 Å². The smallest absolute Gasteiger partial charge is 0.405 e. The van der Waals surface area contributed by atoms with Crippen LogP contribution in [0, 0.1) is 0 Å². The lowest BCUT2D eigenvalue weighted by atomic mass is 9.74. The third-order valence-electron chi connectivity index (χ3n) is 3.15. The van der Waals surface area contributed by atoms with Gasteiger partial charge in [-0.05, 0) is 39.6 Å².